The highest BCUT2D eigenvalue weighted by Gasteiger charge is 2.02. The van der Waals surface area contributed by atoms with Crippen LogP contribution in [0.15, 0.2) is 39.2 Å². The minimum absolute atomic E-state index is 0.133. The van der Waals surface area contributed by atoms with Crippen molar-refractivity contribution in [2.24, 2.45) is 0 Å². The molecule has 0 aliphatic rings. The lowest BCUT2D eigenvalue weighted by Gasteiger charge is -2.05. The van der Waals surface area contributed by atoms with Gasteiger partial charge in [0.15, 0.2) is 5.16 Å². The fourth-order valence-corrected chi connectivity index (χ4v) is 2.33. The molecule has 0 amide bonds. The minimum atomic E-state index is -0.133. The predicted octanol–water partition coefficient (Wildman–Crippen LogP) is 2.06. The Kier molecular flexibility index (Phi) is 3.99. The zero-order chi connectivity index (χ0) is 13.0. The van der Waals surface area contributed by atoms with Crippen LogP contribution < -0.4 is 10.9 Å². The first-order valence-corrected chi connectivity index (χ1v) is 6.45. The molecular weight excluding hydrogens is 248 g/mol. The van der Waals surface area contributed by atoms with Gasteiger partial charge in [0, 0.05) is 29.4 Å². The number of nitrogens with zero attached hydrogens (tertiary/aromatic N) is 2. The van der Waals surface area contributed by atoms with E-state index in [9.17, 15) is 4.79 Å². The number of hydrogen-bond donors (Lipinski definition) is 2. The van der Waals surface area contributed by atoms with Gasteiger partial charge in [-0.15, -0.1) is 0 Å². The van der Waals surface area contributed by atoms with Crippen molar-refractivity contribution < 1.29 is 0 Å². The van der Waals surface area contributed by atoms with Gasteiger partial charge < -0.3 is 10.3 Å². The largest absolute Gasteiger partial charge is 0.370 e. The van der Waals surface area contributed by atoms with Gasteiger partial charge in [-0.25, -0.2) is 9.97 Å². The summed E-state index contributed by atoms with van der Waals surface area (Å²) in [6.07, 6.45) is 1.73. The van der Waals surface area contributed by atoms with Crippen molar-refractivity contribution in [3.63, 3.8) is 0 Å². The fraction of sp³-hybridized carbons (Fsp3) is 0.250. The fourth-order valence-electron chi connectivity index (χ4n) is 1.46. The molecular formula is C12H14N4OS. The highest BCUT2D eigenvalue weighted by molar-refractivity contribution is 7.99. The Morgan fingerprint density at radius 2 is 2.28 bits per heavy atom. The smallest absolute Gasteiger partial charge is 0.251 e. The van der Waals surface area contributed by atoms with E-state index < -0.39 is 0 Å². The number of anilines is 1. The summed E-state index contributed by atoms with van der Waals surface area (Å²) in [6.45, 7) is 4.64. The molecule has 94 valence electrons. The second-order valence-electron chi connectivity index (χ2n) is 3.70. The van der Waals surface area contributed by atoms with Gasteiger partial charge in [-0.2, -0.15) is 0 Å². The zero-order valence-corrected chi connectivity index (χ0v) is 11.0. The molecule has 2 rings (SSSR count). The van der Waals surface area contributed by atoms with Crippen molar-refractivity contribution in [2.75, 3.05) is 11.9 Å². The van der Waals surface area contributed by atoms with Crippen molar-refractivity contribution in [1.29, 1.82) is 0 Å². The summed E-state index contributed by atoms with van der Waals surface area (Å²) in [5.74, 6) is 0.817. The summed E-state index contributed by atoms with van der Waals surface area (Å²) in [5.41, 5.74) is 0.577. The molecule has 0 unspecified atom stereocenters. The van der Waals surface area contributed by atoms with E-state index in [4.69, 9.17) is 0 Å². The Morgan fingerprint density at radius 3 is 3.00 bits per heavy atom. The Hall–Kier alpha value is -1.82. The van der Waals surface area contributed by atoms with Crippen LogP contribution in [0.3, 0.4) is 0 Å². The second kappa shape index (κ2) is 5.68. The Balaban J connectivity index is 2.22. The summed E-state index contributed by atoms with van der Waals surface area (Å²) >= 11 is 1.41. The molecule has 0 saturated carbocycles. The average Bonchev–Trinajstić information content (AvgIpc) is 2.28. The first kappa shape index (κ1) is 12.6. The normalized spacial score (nSPS) is 10.3. The Bertz CT molecular complexity index is 597. The number of H-pyrrole nitrogens is 1. The molecule has 2 heterocycles. The maximum absolute atomic E-state index is 11.3. The van der Waals surface area contributed by atoms with Crippen LogP contribution in [-0.4, -0.2) is 21.5 Å². The van der Waals surface area contributed by atoms with Crippen LogP contribution in [0, 0.1) is 6.92 Å². The van der Waals surface area contributed by atoms with Crippen molar-refractivity contribution in [3.05, 3.63) is 40.4 Å². The van der Waals surface area contributed by atoms with Crippen LogP contribution in [0.5, 0.6) is 0 Å². The molecule has 0 atom stereocenters. The van der Waals surface area contributed by atoms with Crippen LogP contribution in [0.1, 0.15) is 12.6 Å². The predicted molar refractivity (Wildman–Crippen MR) is 72.1 cm³/mol. The third-order valence-corrected chi connectivity index (χ3v) is 3.03. The first-order chi connectivity index (χ1) is 8.67. The van der Waals surface area contributed by atoms with Gasteiger partial charge in [-0.3, -0.25) is 4.79 Å². The van der Waals surface area contributed by atoms with Crippen LogP contribution in [0.2, 0.25) is 0 Å². The number of nitrogens with one attached hydrogen (secondary N) is 2. The van der Waals surface area contributed by atoms with E-state index in [0.717, 1.165) is 17.3 Å². The summed E-state index contributed by atoms with van der Waals surface area (Å²) in [5, 5.41) is 3.73. The van der Waals surface area contributed by atoms with Gasteiger partial charge in [-0.05, 0) is 26.0 Å². The SMILES string of the molecule is CCNc1cc(Sc2nc(C)cc(=O)[nH]2)ccn1. The molecule has 0 bridgehead atoms. The van der Waals surface area contributed by atoms with Crippen molar-refractivity contribution in [2.45, 2.75) is 23.9 Å². The van der Waals surface area contributed by atoms with E-state index in [1.54, 1.807) is 13.1 Å². The molecule has 0 spiro atoms. The van der Waals surface area contributed by atoms with Crippen molar-refractivity contribution in [1.82, 2.24) is 15.0 Å². The van der Waals surface area contributed by atoms with Crippen molar-refractivity contribution >= 4 is 17.6 Å². The maximum atomic E-state index is 11.3. The van der Waals surface area contributed by atoms with Gasteiger partial charge >= 0.3 is 0 Å². The highest BCUT2D eigenvalue weighted by Crippen LogP contribution is 2.24. The van der Waals surface area contributed by atoms with Crippen LogP contribution in [0.4, 0.5) is 5.82 Å². The first-order valence-electron chi connectivity index (χ1n) is 5.63. The third kappa shape index (κ3) is 3.33. The maximum Gasteiger partial charge on any atom is 0.251 e. The molecule has 2 aromatic heterocycles. The van der Waals surface area contributed by atoms with E-state index in [1.165, 1.54) is 17.8 Å². The molecule has 0 radical (unpaired) electrons. The number of aryl methyl sites for hydroxylation is 1. The molecule has 0 fully saturated rings. The molecule has 0 aliphatic carbocycles. The molecule has 2 aromatic rings. The third-order valence-electron chi connectivity index (χ3n) is 2.15. The molecule has 0 saturated heterocycles. The summed E-state index contributed by atoms with van der Waals surface area (Å²) < 4.78 is 0. The Morgan fingerprint density at radius 1 is 1.44 bits per heavy atom. The zero-order valence-electron chi connectivity index (χ0n) is 10.2. The van der Waals surface area contributed by atoms with Crippen molar-refractivity contribution in [3.8, 4) is 0 Å². The summed E-state index contributed by atoms with van der Waals surface area (Å²) in [4.78, 5) is 23.5. The number of aromatic amines is 1. The lowest BCUT2D eigenvalue weighted by atomic mass is 10.4. The van der Waals surface area contributed by atoms with Gasteiger partial charge in [0.25, 0.3) is 5.56 Å². The van der Waals surface area contributed by atoms with E-state index in [0.29, 0.717) is 10.9 Å². The van der Waals surface area contributed by atoms with E-state index in [-0.39, 0.29) is 5.56 Å². The standard InChI is InChI=1S/C12H14N4OS/c1-3-13-10-7-9(4-5-14-10)18-12-15-8(2)6-11(17)16-12/h4-7H,3H2,1-2H3,(H,13,14)(H,15,16,17). The second-order valence-corrected chi connectivity index (χ2v) is 4.76. The molecule has 2 N–H and O–H groups in total. The quantitative estimate of drug-likeness (QED) is 0.825. The topological polar surface area (TPSA) is 70.7 Å². The van der Waals surface area contributed by atoms with Gasteiger partial charge in [0.05, 0.1) is 0 Å². The number of aromatic nitrogens is 3. The molecule has 5 nitrogen and oxygen atoms in total. The molecule has 6 heteroatoms. The molecule has 0 aromatic carbocycles. The van der Waals surface area contributed by atoms with Gasteiger partial charge in [0.2, 0.25) is 0 Å². The van der Waals surface area contributed by atoms with Gasteiger partial charge in [0.1, 0.15) is 5.82 Å². The number of rotatable bonds is 4. The highest BCUT2D eigenvalue weighted by atomic mass is 32.2. The molecule has 18 heavy (non-hydrogen) atoms. The average molecular weight is 262 g/mol. The monoisotopic (exact) mass is 262 g/mol. The van der Waals surface area contributed by atoms with Crippen LogP contribution in [-0.2, 0) is 0 Å². The Labute approximate surface area is 109 Å². The van der Waals surface area contributed by atoms with Gasteiger partial charge in [-0.1, -0.05) is 11.8 Å². The minimum Gasteiger partial charge on any atom is -0.370 e. The van der Waals surface area contributed by atoms with E-state index >= 15 is 0 Å². The number of pyridine rings is 1. The summed E-state index contributed by atoms with van der Waals surface area (Å²) in [7, 11) is 0. The van der Waals surface area contributed by atoms with Crippen LogP contribution >= 0.6 is 11.8 Å². The number of hydrogen-bond acceptors (Lipinski definition) is 5. The van der Waals surface area contributed by atoms with Crippen LogP contribution in [0.25, 0.3) is 0 Å². The van der Waals surface area contributed by atoms with E-state index in [1.807, 2.05) is 19.1 Å². The lowest BCUT2D eigenvalue weighted by molar-refractivity contribution is 0.905. The lowest BCUT2D eigenvalue weighted by Crippen LogP contribution is -2.07. The van der Waals surface area contributed by atoms with E-state index in [2.05, 4.69) is 20.3 Å². The summed E-state index contributed by atoms with van der Waals surface area (Å²) in [6, 6.07) is 5.28. The molecule has 0 aliphatic heterocycles.